The van der Waals surface area contributed by atoms with E-state index in [0.29, 0.717) is 17.5 Å². The quantitative estimate of drug-likeness (QED) is 0.858. The van der Waals surface area contributed by atoms with Gasteiger partial charge in [-0.25, -0.2) is 4.79 Å². The number of carbonyl (C=O) groups is 1. The number of aromatic nitrogens is 2. The fraction of sp³-hybridized carbons (Fsp3) is 0.438. The van der Waals surface area contributed by atoms with E-state index in [0.717, 1.165) is 23.3 Å². The number of hydrogen-bond acceptors (Lipinski definition) is 4. The predicted octanol–water partition coefficient (Wildman–Crippen LogP) is 3.92. The normalized spacial score (nSPS) is 16.2. The molecule has 2 amide bonds. The van der Waals surface area contributed by atoms with E-state index >= 15 is 0 Å². The minimum atomic E-state index is -0.171. The zero-order valence-corrected chi connectivity index (χ0v) is 14.2. The van der Waals surface area contributed by atoms with E-state index in [1.165, 1.54) is 24.4 Å². The summed E-state index contributed by atoms with van der Waals surface area (Å²) in [4.78, 5) is 13.2. The number of nitrogens with zero attached hydrogens (tertiary/aromatic N) is 2. The van der Waals surface area contributed by atoms with Gasteiger partial charge in [0.25, 0.3) is 0 Å². The van der Waals surface area contributed by atoms with E-state index in [2.05, 4.69) is 20.2 Å². The van der Waals surface area contributed by atoms with Gasteiger partial charge < -0.3 is 10.6 Å². The molecule has 2 aromatic rings. The van der Waals surface area contributed by atoms with Gasteiger partial charge in [-0.3, -0.25) is 0 Å². The Morgan fingerprint density at radius 1 is 1.39 bits per heavy atom. The van der Waals surface area contributed by atoms with Gasteiger partial charge in [-0.2, -0.15) is 0 Å². The van der Waals surface area contributed by atoms with Crippen LogP contribution < -0.4 is 10.6 Å². The van der Waals surface area contributed by atoms with Crippen LogP contribution in [-0.4, -0.2) is 15.6 Å². The molecule has 0 saturated heterocycles. The summed E-state index contributed by atoms with van der Waals surface area (Å²) in [5.74, 6) is 0.462. The minimum Gasteiger partial charge on any atom is -0.333 e. The monoisotopic (exact) mass is 350 g/mol. The van der Waals surface area contributed by atoms with Crippen LogP contribution in [0.3, 0.4) is 0 Å². The van der Waals surface area contributed by atoms with Crippen molar-refractivity contribution in [2.45, 2.75) is 38.3 Å². The number of urea groups is 1. The molecule has 1 saturated carbocycles. The van der Waals surface area contributed by atoms with E-state index in [1.807, 2.05) is 24.3 Å². The molecule has 1 aromatic heterocycles. The van der Waals surface area contributed by atoms with Gasteiger partial charge in [-0.05, 0) is 48.0 Å². The second-order valence-electron chi connectivity index (χ2n) is 5.79. The van der Waals surface area contributed by atoms with Gasteiger partial charge in [0.05, 0.1) is 23.7 Å². The highest BCUT2D eigenvalue weighted by atomic mass is 35.5. The second-order valence-corrected chi connectivity index (χ2v) is 7.09. The van der Waals surface area contributed by atoms with Crippen LogP contribution in [0.4, 0.5) is 4.79 Å². The average molecular weight is 351 g/mol. The molecule has 0 bridgehead atoms. The number of amides is 2. The van der Waals surface area contributed by atoms with Crippen molar-refractivity contribution < 1.29 is 4.79 Å². The first-order chi connectivity index (χ1) is 11.2. The highest BCUT2D eigenvalue weighted by Gasteiger charge is 2.27. The number of carbonyl (C=O) groups excluding carboxylic acids is 1. The third-order valence-electron chi connectivity index (χ3n) is 4.20. The van der Waals surface area contributed by atoms with Crippen molar-refractivity contribution in [3.63, 3.8) is 0 Å². The molecule has 23 heavy (non-hydrogen) atoms. The lowest BCUT2D eigenvalue weighted by molar-refractivity contribution is 0.231. The highest BCUT2D eigenvalue weighted by Crippen LogP contribution is 2.36. The summed E-state index contributed by atoms with van der Waals surface area (Å²) in [6, 6.07) is 7.58. The first-order valence-corrected chi connectivity index (χ1v) is 8.93. The maximum atomic E-state index is 12.3. The van der Waals surface area contributed by atoms with E-state index < -0.39 is 0 Å². The highest BCUT2D eigenvalue weighted by molar-refractivity contribution is 7.05. The van der Waals surface area contributed by atoms with Crippen LogP contribution in [0.15, 0.2) is 30.5 Å². The van der Waals surface area contributed by atoms with Gasteiger partial charge in [-0.1, -0.05) is 41.1 Å². The Labute approximate surface area is 144 Å². The molecular weight excluding hydrogens is 332 g/mol. The van der Waals surface area contributed by atoms with Crippen LogP contribution in [0.25, 0.3) is 0 Å². The lowest BCUT2D eigenvalue weighted by Crippen LogP contribution is -2.39. The van der Waals surface area contributed by atoms with Crippen molar-refractivity contribution >= 4 is 29.2 Å². The maximum absolute atomic E-state index is 12.3. The Morgan fingerprint density at radius 2 is 2.22 bits per heavy atom. The number of nitrogens with one attached hydrogen (secondary N) is 2. The molecule has 1 atom stereocenters. The van der Waals surface area contributed by atoms with Gasteiger partial charge in [0.2, 0.25) is 0 Å². The van der Waals surface area contributed by atoms with Gasteiger partial charge in [0, 0.05) is 5.02 Å². The topological polar surface area (TPSA) is 66.9 Å². The molecule has 3 rings (SSSR count). The lowest BCUT2D eigenvalue weighted by Gasteiger charge is -2.25. The summed E-state index contributed by atoms with van der Waals surface area (Å²) in [6.07, 6.45) is 6.37. The molecule has 1 aliphatic rings. The molecule has 0 aliphatic heterocycles. The summed E-state index contributed by atoms with van der Waals surface area (Å²) in [6.45, 7) is 0.441. The smallest absolute Gasteiger partial charge is 0.315 e. The predicted molar refractivity (Wildman–Crippen MR) is 91.4 cm³/mol. The van der Waals surface area contributed by atoms with Crippen LogP contribution in [0, 0.1) is 5.92 Å². The summed E-state index contributed by atoms with van der Waals surface area (Å²) in [5.41, 5.74) is 1.07. The minimum absolute atomic E-state index is 0.00390. The lowest BCUT2D eigenvalue weighted by atomic mass is 9.92. The van der Waals surface area contributed by atoms with Gasteiger partial charge >= 0.3 is 6.03 Å². The third-order valence-corrected chi connectivity index (χ3v) is 5.09. The Kier molecular flexibility index (Phi) is 5.46. The van der Waals surface area contributed by atoms with Gasteiger partial charge in [-0.15, -0.1) is 5.10 Å². The Balaban J connectivity index is 1.66. The first kappa shape index (κ1) is 16.2. The van der Waals surface area contributed by atoms with Crippen LogP contribution in [0.5, 0.6) is 0 Å². The number of halogens is 1. The zero-order valence-electron chi connectivity index (χ0n) is 12.7. The van der Waals surface area contributed by atoms with Crippen molar-refractivity contribution in [3.8, 4) is 0 Å². The SMILES string of the molecule is O=C(NCc1cnns1)N[C@H](c1cccc(Cl)c1)C1CCCC1. The van der Waals surface area contributed by atoms with Gasteiger partial charge in [0.15, 0.2) is 0 Å². The molecule has 1 fully saturated rings. The number of hydrogen-bond donors (Lipinski definition) is 2. The zero-order chi connectivity index (χ0) is 16.1. The van der Waals surface area contributed by atoms with Crippen LogP contribution in [0.2, 0.25) is 5.02 Å². The molecule has 7 heteroatoms. The molecule has 1 aliphatic carbocycles. The Bertz CT molecular complexity index is 643. The molecule has 0 radical (unpaired) electrons. The van der Waals surface area contributed by atoms with Gasteiger partial charge in [0.1, 0.15) is 0 Å². The molecule has 5 nitrogen and oxygen atoms in total. The fourth-order valence-corrected chi connectivity index (χ4v) is 3.72. The number of rotatable bonds is 5. The van der Waals surface area contributed by atoms with E-state index in [-0.39, 0.29) is 12.1 Å². The summed E-state index contributed by atoms with van der Waals surface area (Å²) in [5, 5.41) is 10.5. The van der Waals surface area contributed by atoms with Crippen molar-refractivity contribution in [2.75, 3.05) is 0 Å². The van der Waals surface area contributed by atoms with Crippen LogP contribution >= 0.6 is 23.1 Å². The molecular formula is C16H19ClN4OS. The molecule has 0 spiro atoms. The van der Waals surface area contributed by atoms with Crippen LogP contribution in [0.1, 0.15) is 42.2 Å². The second kappa shape index (κ2) is 7.75. The fourth-order valence-electron chi connectivity index (χ4n) is 3.09. The summed E-state index contributed by atoms with van der Waals surface area (Å²) < 4.78 is 3.79. The average Bonchev–Trinajstić information content (AvgIpc) is 3.24. The maximum Gasteiger partial charge on any atom is 0.315 e. The van der Waals surface area contributed by atoms with Crippen LogP contribution in [-0.2, 0) is 6.54 Å². The third kappa shape index (κ3) is 4.42. The molecule has 2 N–H and O–H groups in total. The number of benzene rings is 1. The summed E-state index contributed by atoms with van der Waals surface area (Å²) >= 11 is 7.41. The van der Waals surface area contributed by atoms with Crippen molar-refractivity contribution in [1.29, 1.82) is 0 Å². The molecule has 122 valence electrons. The summed E-state index contributed by atoms with van der Waals surface area (Å²) in [7, 11) is 0. The molecule has 1 aromatic carbocycles. The largest absolute Gasteiger partial charge is 0.333 e. The van der Waals surface area contributed by atoms with Crippen molar-refractivity contribution in [3.05, 3.63) is 45.9 Å². The standard InChI is InChI=1S/C16H19ClN4OS/c17-13-7-3-6-12(8-13)15(11-4-1-2-5-11)20-16(22)18-9-14-10-19-21-23-14/h3,6-8,10-11,15H,1-2,4-5,9H2,(H2,18,20,22)/t15-/m0/s1. The van der Waals surface area contributed by atoms with E-state index in [1.54, 1.807) is 6.20 Å². The first-order valence-electron chi connectivity index (χ1n) is 7.78. The van der Waals surface area contributed by atoms with E-state index in [4.69, 9.17) is 11.6 Å². The molecule has 0 unspecified atom stereocenters. The Morgan fingerprint density at radius 3 is 2.91 bits per heavy atom. The van der Waals surface area contributed by atoms with Crippen molar-refractivity contribution in [1.82, 2.24) is 20.2 Å². The molecule has 1 heterocycles. The Hall–Kier alpha value is -1.66. The van der Waals surface area contributed by atoms with Crippen molar-refractivity contribution in [2.24, 2.45) is 5.92 Å². The van der Waals surface area contributed by atoms with E-state index in [9.17, 15) is 4.79 Å².